The molecule has 0 aromatic carbocycles. The second-order valence-corrected chi connectivity index (χ2v) is 5.25. The highest BCUT2D eigenvalue weighted by Crippen LogP contribution is 2.13. The first-order chi connectivity index (χ1) is 8.86. The molecule has 0 saturated carbocycles. The molecule has 0 radical (unpaired) electrons. The molecular weight excluding hydrogens is 242 g/mol. The van der Waals surface area contributed by atoms with Crippen molar-refractivity contribution >= 4 is 11.6 Å². The Morgan fingerprint density at radius 1 is 1.32 bits per heavy atom. The lowest BCUT2D eigenvalue weighted by Gasteiger charge is -2.27. The van der Waals surface area contributed by atoms with Gasteiger partial charge in [-0.2, -0.15) is 0 Å². The molecule has 1 unspecified atom stereocenters. The van der Waals surface area contributed by atoms with Crippen molar-refractivity contribution in [2.24, 2.45) is 0 Å². The number of aromatic nitrogens is 2. The number of hydrogen-bond donors (Lipinski definition) is 3. The van der Waals surface area contributed by atoms with Crippen molar-refractivity contribution in [1.29, 1.82) is 0 Å². The van der Waals surface area contributed by atoms with Gasteiger partial charge in [-0.05, 0) is 21.0 Å². The smallest absolute Gasteiger partial charge is 0.132 e. The Labute approximate surface area is 115 Å². The number of rotatable bonds is 7. The molecule has 0 saturated heterocycles. The third kappa shape index (κ3) is 5.40. The summed E-state index contributed by atoms with van der Waals surface area (Å²) in [7, 11) is 5.70. The maximum absolute atomic E-state index is 10.2. The van der Waals surface area contributed by atoms with Gasteiger partial charge in [-0.25, -0.2) is 9.97 Å². The molecule has 1 aromatic heterocycles. The highest BCUT2D eigenvalue weighted by molar-refractivity contribution is 5.47. The summed E-state index contributed by atoms with van der Waals surface area (Å²) in [5.74, 6) is 2.29. The fourth-order valence-corrected chi connectivity index (χ4v) is 1.89. The van der Waals surface area contributed by atoms with Crippen LogP contribution in [0.25, 0.3) is 0 Å². The highest BCUT2D eigenvalue weighted by Gasteiger charge is 2.21. The van der Waals surface area contributed by atoms with Crippen LogP contribution in [0.5, 0.6) is 0 Å². The summed E-state index contributed by atoms with van der Waals surface area (Å²) in [5.41, 5.74) is -0.805. The summed E-state index contributed by atoms with van der Waals surface area (Å²) in [6.45, 7) is 4.85. The Morgan fingerprint density at radius 2 is 1.95 bits per heavy atom. The minimum absolute atomic E-state index is 0.439. The summed E-state index contributed by atoms with van der Waals surface area (Å²) in [6, 6.07) is 1.84. The van der Waals surface area contributed by atoms with Crippen molar-refractivity contribution in [3.05, 3.63) is 11.9 Å². The molecule has 19 heavy (non-hydrogen) atoms. The molecular formula is C13H25N5O. The zero-order chi connectivity index (χ0) is 14.5. The third-order valence-corrected chi connectivity index (χ3v) is 2.65. The molecule has 6 nitrogen and oxygen atoms in total. The van der Waals surface area contributed by atoms with E-state index in [4.69, 9.17) is 0 Å². The molecule has 6 heteroatoms. The number of hydrogen-bond acceptors (Lipinski definition) is 6. The Hall–Kier alpha value is -1.40. The molecule has 0 bridgehead atoms. The minimum Gasteiger partial charge on any atom is -0.387 e. The van der Waals surface area contributed by atoms with Crippen LogP contribution in [0.2, 0.25) is 0 Å². The zero-order valence-electron chi connectivity index (χ0n) is 12.5. The van der Waals surface area contributed by atoms with Gasteiger partial charge in [0.25, 0.3) is 0 Å². The van der Waals surface area contributed by atoms with E-state index in [1.807, 2.05) is 39.0 Å². The van der Waals surface area contributed by atoms with Crippen molar-refractivity contribution in [2.75, 3.05) is 44.9 Å². The molecule has 1 atom stereocenters. The molecule has 1 aromatic rings. The van der Waals surface area contributed by atoms with Gasteiger partial charge >= 0.3 is 0 Å². The molecule has 0 amide bonds. The van der Waals surface area contributed by atoms with Gasteiger partial charge < -0.3 is 20.6 Å². The van der Waals surface area contributed by atoms with Crippen molar-refractivity contribution in [3.63, 3.8) is 0 Å². The number of nitrogens with zero attached hydrogens (tertiary/aromatic N) is 3. The molecule has 0 aliphatic rings. The molecule has 0 aliphatic heterocycles. The largest absolute Gasteiger partial charge is 0.387 e. The van der Waals surface area contributed by atoms with Gasteiger partial charge in [0.2, 0.25) is 0 Å². The first-order valence-electron chi connectivity index (χ1n) is 6.53. The lowest BCUT2D eigenvalue weighted by Crippen LogP contribution is -2.43. The molecule has 1 heterocycles. The Kier molecular flexibility index (Phi) is 5.50. The van der Waals surface area contributed by atoms with Crippen LogP contribution >= 0.6 is 0 Å². The summed E-state index contributed by atoms with van der Waals surface area (Å²) in [4.78, 5) is 10.7. The van der Waals surface area contributed by atoms with E-state index in [0.29, 0.717) is 13.1 Å². The number of nitrogens with one attached hydrogen (secondary N) is 2. The average Bonchev–Trinajstić information content (AvgIpc) is 2.34. The number of aryl methyl sites for hydroxylation is 1. The van der Waals surface area contributed by atoms with Gasteiger partial charge in [-0.15, -0.1) is 0 Å². The van der Waals surface area contributed by atoms with E-state index >= 15 is 0 Å². The van der Waals surface area contributed by atoms with Gasteiger partial charge in [-0.1, -0.05) is 6.92 Å². The lowest BCUT2D eigenvalue weighted by molar-refractivity contribution is 0.0459. The SMILES string of the molecule is CCc1nc(NC)cc(NCC(C)(O)CN(C)C)n1. The van der Waals surface area contributed by atoms with Crippen LogP contribution in [0.15, 0.2) is 6.07 Å². The maximum Gasteiger partial charge on any atom is 0.132 e. The van der Waals surface area contributed by atoms with Crippen molar-refractivity contribution in [1.82, 2.24) is 14.9 Å². The standard InChI is InChI=1S/C13H25N5O/c1-6-10-16-11(14-3)7-12(17-10)15-8-13(2,19)9-18(4)5/h7,19H,6,8-9H2,1-5H3,(H2,14,15,16,17). The highest BCUT2D eigenvalue weighted by atomic mass is 16.3. The van der Waals surface area contributed by atoms with E-state index in [-0.39, 0.29) is 0 Å². The van der Waals surface area contributed by atoms with E-state index in [2.05, 4.69) is 20.6 Å². The molecule has 3 N–H and O–H groups in total. The topological polar surface area (TPSA) is 73.3 Å². The molecule has 108 valence electrons. The summed E-state index contributed by atoms with van der Waals surface area (Å²) in [6.07, 6.45) is 0.776. The van der Waals surface area contributed by atoms with E-state index < -0.39 is 5.60 Å². The van der Waals surface area contributed by atoms with Gasteiger partial charge in [0.1, 0.15) is 17.5 Å². The minimum atomic E-state index is -0.805. The maximum atomic E-state index is 10.2. The van der Waals surface area contributed by atoms with Crippen LogP contribution < -0.4 is 10.6 Å². The molecule has 0 spiro atoms. The quantitative estimate of drug-likeness (QED) is 0.679. The van der Waals surface area contributed by atoms with Gasteiger partial charge in [-0.3, -0.25) is 0 Å². The van der Waals surface area contributed by atoms with E-state index in [1.54, 1.807) is 6.92 Å². The van der Waals surface area contributed by atoms with E-state index in [9.17, 15) is 5.11 Å². The van der Waals surface area contributed by atoms with Crippen LogP contribution in [-0.4, -0.2) is 59.8 Å². The van der Waals surface area contributed by atoms with Gasteiger partial charge in [0, 0.05) is 32.6 Å². The predicted molar refractivity (Wildman–Crippen MR) is 78.6 cm³/mol. The van der Waals surface area contributed by atoms with E-state index in [1.165, 1.54) is 0 Å². The predicted octanol–water partition coefficient (Wildman–Crippen LogP) is 0.805. The molecule has 0 fully saturated rings. The first-order valence-corrected chi connectivity index (χ1v) is 6.53. The summed E-state index contributed by atoms with van der Waals surface area (Å²) < 4.78 is 0. The fourth-order valence-electron chi connectivity index (χ4n) is 1.89. The second-order valence-electron chi connectivity index (χ2n) is 5.25. The number of likely N-dealkylation sites (N-methyl/N-ethyl adjacent to an activating group) is 1. The van der Waals surface area contributed by atoms with Crippen LogP contribution in [0.3, 0.4) is 0 Å². The average molecular weight is 267 g/mol. The van der Waals surface area contributed by atoms with Gasteiger partial charge in [0.05, 0.1) is 5.60 Å². The van der Waals surface area contributed by atoms with Crippen molar-refractivity contribution < 1.29 is 5.11 Å². The van der Waals surface area contributed by atoms with Crippen LogP contribution in [0.1, 0.15) is 19.7 Å². The zero-order valence-corrected chi connectivity index (χ0v) is 12.5. The molecule has 1 rings (SSSR count). The first kappa shape index (κ1) is 15.7. The summed E-state index contributed by atoms with van der Waals surface area (Å²) in [5, 5.41) is 16.4. The van der Waals surface area contributed by atoms with Crippen LogP contribution in [-0.2, 0) is 6.42 Å². The summed E-state index contributed by atoms with van der Waals surface area (Å²) >= 11 is 0. The Balaban J connectivity index is 2.71. The van der Waals surface area contributed by atoms with Crippen LogP contribution in [0.4, 0.5) is 11.6 Å². The Morgan fingerprint density at radius 3 is 2.47 bits per heavy atom. The second kappa shape index (κ2) is 6.68. The van der Waals surface area contributed by atoms with Gasteiger partial charge in [0.15, 0.2) is 0 Å². The third-order valence-electron chi connectivity index (χ3n) is 2.65. The van der Waals surface area contributed by atoms with Crippen molar-refractivity contribution in [2.45, 2.75) is 25.9 Å². The normalized spacial score (nSPS) is 14.3. The molecule has 0 aliphatic carbocycles. The lowest BCUT2D eigenvalue weighted by atomic mass is 10.1. The fraction of sp³-hybridized carbons (Fsp3) is 0.692. The van der Waals surface area contributed by atoms with E-state index in [0.717, 1.165) is 23.9 Å². The number of anilines is 2. The number of aliphatic hydroxyl groups is 1. The van der Waals surface area contributed by atoms with Crippen LogP contribution in [0, 0.1) is 0 Å². The van der Waals surface area contributed by atoms with Crippen molar-refractivity contribution in [3.8, 4) is 0 Å². The monoisotopic (exact) mass is 267 g/mol. The Bertz CT molecular complexity index is 384.